The molecule has 3 fully saturated rings. The number of hydrogen-bond donors (Lipinski definition) is 2. The van der Waals surface area contributed by atoms with Crippen LogP contribution in [0.25, 0.3) is 0 Å². The van der Waals surface area contributed by atoms with Crippen molar-refractivity contribution < 1.29 is 0 Å². The average Bonchev–Trinajstić information content (AvgIpc) is 2.97. The van der Waals surface area contributed by atoms with Crippen molar-refractivity contribution in [3.8, 4) is 0 Å². The number of halogens is 1. The molecule has 2 N–H and O–H groups in total. The number of aliphatic imine (C=N–C) groups is 1. The number of nitrogens with zero attached hydrogens (tertiary/aromatic N) is 3. The highest BCUT2D eigenvalue weighted by atomic mass is 127. The zero-order valence-electron chi connectivity index (χ0n) is 12.2. The van der Waals surface area contributed by atoms with Crippen molar-refractivity contribution in [2.45, 2.75) is 24.9 Å². The summed E-state index contributed by atoms with van der Waals surface area (Å²) in [6.45, 7) is 7.15. The smallest absolute Gasteiger partial charge is 0.191 e. The molecule has 0 saturated carbocycles. The third-order valence-corrected chi connectivity index (χ3v) is 4.47. The number of piperazine rings is 3. The van der Waals surface area contributed by atoms with E-state index in [-0.39, 0.29) is 24.0 Å². The minimum Gasteiger partial charge on any atom is -0.355 e. The molecule has 3 aliphatic heterocycles. The molecule has 6 heteroatoms. The van der Waals surface area contributed by atoms with E-state index in [0.717, 1.165) is 25.3 Å². The first-order chi connectivity index (χ1) is 9.35. The van der Waals surface area contributed by atoms with Gasteiger partial charge in [-0.3, -0.25) is 14.8 Å². The molecule has 0 spiro atoms. The minimum absolute atomic E-state index is 0. The largest absolute Gasteiger partial charge is 0.355 e. The Balaban J connectivity index is 0.00000147. The molecule has 4 rings (SSSR count). The van der Waals surface area contributed by atoms with E-state index in [2.05, 4.69) is 37.6 Å². The van der Waals surface area contributed by atoms with Gasteiger partial charge in [0.05, 0.1) is 0 Å². The lowest BCUT2D eigenvalue weighted by Crippen LogP contribution is -2.64. The molecule has 1 aliphatic carbocycles. The van der Waals surface area contributed by atoms with Crippen molar-refractivity contribution in [3.05, 3.63) is 12.2 Å². The Bertz CT molecular complexity index is 355. The van der Waals surface area contributed by atoms with Gasteiger partial charge in [-0.05, 0) is 12.8 Å². The maximum Gasteiger partial charge on any atom is 0.191 e. The summed E-state index contributed by atoms with van der Waals surface area (Å²) in [4.78, 5) is 9.51. The van der Waals surface area contributed by atoms with Crippen LogP contribution in [-0.2, 0) is 0 Å². The van der Waals surface area contributed by atoms with Gasteiger partial charge in [0.1, 0.15) is 0 Å². The van der Waals surface area contributed by atoms with Gasteiger partial charge in [-0.1, -0.05) is 12.2 Å². The highest BCUT2D eigenvalue weighted by Gasteiger charge is 2.31. The van der Waals surface area contributed by atoms with Crippen LogP contribution in [0.2, 0.25) is 0 Å². The van der Waals surface area contributed by atoms with Gasteiger partial charge >= 0.3 is 0 Å². The quantitative estimate of drug-likeness (QED) is 0.318. The van der Waals surface area contributed by atoms with Gasteiger partial charge in [0.15, 0.2) is 5.96 Å². The first-order valence-electron chi connectivity index (χ1n) is 7.44. The Morgan fingerprint density at radius 3 is 2.45 bits per heavy atom. The van der Waals surface area contributed by atoms with Crippen molar-refractivity contribution in [3.63, 3.8) is 0 Å². The van der Waals surface area contributed by atoms with E-state index in [1.807, 2.05) is 7.05 Å². The van der Waals surface area contributed by atoms with Gasteiger partial charge in [0, 0.05) is 58.4 Å². The lowest BCUT2D eigenvalue weighted by molar-refractivity contribution is 0.0154. The van der Waals surface area contributed by atoms with Crippen LogP contribution in [0.3, 0.4) is 0 Å². The minimum atomic E-state index is 0. The van der Waals surface area contributed by atoms with Gasteiger partial charge < -0.3 is 10.6 Å². The molecule has 20 heavy (non-hydrogen) atoms. The molecule has 5 nitrogen and oxygen atoms in total. The van der Waals surface area contributed by atoms with Crippen LogP contribution in [0.1, 0.15) is 12.8 Å². The van der Waals surface area contributed by atoms with Gasteiger partial charge in [-0.25, -0.2) is 0 Å². The zero-order valence-corrected chi connectivity index (χ0v) is 14.5. The van der Waals surface area contributed by atoms with Crippen LogP contribution in [-0.4, -0.2) is 74.2 Å². The van der Waals surface area contributed by atoms with Gasteiger partial charge in [0.25, 0.3) is 0 Å². The van der Waals surface area contributed by atoms with Crippen LogP contribution in [0, 0.1) is 0 Å². The molecule has 1 atom stereocenters. The van der Waals surface area contributed by atoms with Crippen LogP contribution in [0.5, 0.6) is 0 Å². The molecule has 2 bridgehead atoms. The zero-order chi connectivity index (χ0) is 13.1. The lowest BCUT2D eigenvalue weighted by atomic mass is 10.1. The van der Waals surface area contributed by atoms with E-state index in [9.17, 15) is 0 Å². The maximum atomic E-state index is 4.33. The van der Waals surface area contributed by atoms with E-state index >= 15 is 0 Å². The van der Waals surface area contributed by atoms with Crippen LogP contribution < -0.4 is 10.6 Å². The van der Waals surface area contributed by atoms with Crippen molar-refractivity contribution in [2.75, 3.05) is 46.3 Å². The Labute approximate surface area is 138 Å². The molecule has 4 aliphatic rings. The van der Waals surface area contributed by atoms with E-state index in [4.69, 9.17) is 0 Å². The van der Waals surface area contributed by atoms with E-state index in [1.54, 1.807) is 0 Å². The molecule has 0 radical (unpaired) electrons. The fourth-order valence-electron chi connectivity index (χ4n) is 3.26. The Morgan fingerprint density at radius 1 is 1.20 bits per heavy atom. The van der Waals surface area contributed by atoms with Crippen molar-refractivity contribution in [1.29, 1.82) is 0 Å². The molecular formula is C14H26IN5. The molecule has 0 aromatic carbocycles. The predicted molar refractivity (Wildman–Crippen MR) is 93.9 cm³/mol. The average molecular weight is 391 g/mol. The molecule has 1 unspecified atom stereocenters. The van der Waals surface area contributed by atoms with Crippen LogP contribution in [0.15, 0.2) is 17.1 Å². The number of rotatable bonds is 3. The summed E-state index contributed by atoms with van der Waals surface area (Å²) in [5.41, 5.74) is 0. The summed E-state index contributed by atoms with van der Waals surface area (Å²) in [5, 5.41) is 6.99. The SMILES string of the molecule is CN=C(NCC1CN2CCN1CC2)NC1CC=CC1.I. The maximum absolute atomic E-state index is 4.33. The second-order valence-corrected chi connectivity index (χ2v) is 5.73. The summed E-state index contributed by atoms with van der Waals surface area (Å²) in [5.74, 6) is 0.950. The van der Waals surface area contributed by atoms with E-state index in [0.29, 0.717) is 12.1 Å². The molecule has 114 valence electrons. The third-order valence-electron chi connectivity index (χ3n) is 4.47. The fourth-order valence-corrected chi connectivity index (χ4v) is 3.26. The molecule has 3 heterocycles. The standard InChI is InChI=1S/C14H25N5.HI/c1-15-14(17-12-4-2-3-5-12)16-10-13-11-18-6-8-19(13)9-7-18;/h2-3,12-13H,4-11H2,1H3,(H2,15,16,17);1H. The molecule has 0 aromatic rings. The summed E-state index contributed by atoms with van der Waals surface area (Å²) in [6, 6.07) is 1.17. The topological polar surface area (TPSA) is 42.9 Å². The summed E-state index contributed by atoms with van der Waals surface area (Å²) in [6.07, 6.45) is 6.71. The van der Waals surface area contributed by atoms with Gasteiger partial charge in [-0.2, -0.15) is 0 Å². The predicted octanol–water partition coefficient (Wildman–Crippen LogP) is 0.488. The highest BCUT2D eigenvalue weighted by Crippen LogP contribution is 2.14. The number of fused-ring (bicyclic) bond motifs is 3. The monoisotopic (exact) mass is 391 g/mol. The molecular weight excluding hydrogens is 365 g/mol. The Kier molecular flexibility index (Phi) is 6.10. The second-order valence-electron chi connectivity index (χ2n) is 5.73. The number of guanidine groups is 1. The Morgan fingerprint density at radius 2 is 1.90 bits per heavy atom. The summed E-state index contributed by atoms with van der Waals surface area (Å²) < 4.78 is 0. The number of hydrogen-bond acceptors (Lipinski definition) is 3. The summed E-state index contributed by atoms with van der Waals surface area (Å²) in [7, 11) is 1.86. The molecule has 0 amide bonds. The number of nitrogens with one attached hydrogen (secondary N) is 2. The summed E-state index contributed by atoms with van der Waals surface area (Å²) >= 11 is 0. The first-order valence-corrected chi connectivity index (χ1v) is 7.44. The molecule has 0 aromatic heterocycles. The van der Waals surface area contributed by atoms with Gasteiger partial charge in [-0.15, -0.1) is 24.0 Å². The lowest BCUT2D eigenvalue weighted by Gasteiger charge is -2.47. The van der Waals surface area contributed by atoms with Gasteiger partial charge in [0.2, 0.25) is 0 Å². The third kappa shape index (κ3) is 3.85. The van der Waals surface area contributed by atoms with Crippen LogP contribution >= 0.6 is 24.0 Å². The normalized spacial score (nSPS) is 33.0. The van der Waals surface area contributed by atoms with Crippen molar-refractivity contribution in [2.24, 2.45) is 4.99 Å². The second kappa shape index (κ2) is 7.61. The fraction of sp³-hybridized carbons (Fsp3) is 0.786. The first kappa shape index (κ1) is 16.0. The van der Waals surface area contributed by atoms with E-state index < -0.39 is 0 Å². The van der Waals surface area contributed by atoms with E-state index in [1.165, 1.54) is 32.7 Å². The molecule has 3 saturated heterocycles. The Hall–Kier alpha value is -0.340. The highest BCUT2D eigenvalue weighted by molar-refractivity contribution is 14.0. The van der Waals surface area contributed by atoms with Crippen molar-refractivity contribution >= 4 is 29.9 Å². The van der Waals surface area contributed by atoms with Crippen LogP contribution in [0.4, 0.5) is 0 Å². The van der Waals surface area contributed by atoms with Crippen molar-refractivity contribution in [1.82, 2.24) is 20.4 Å².